The fourth-order valence-electron chi connectivity index (χ4n) is 3.30. The van der Waals surface area contributed by atoms with E-state index in [1.165, 1.54) is 0 Å². The number of piperidine rings is 1. The van der Waals surface area contributed by atoms with Crippen molar-refractivity contribution in [1.82, 2.24) is 24.8 Å². The van der Waals surface area contributed by atoms with Gasteiger partial charge < -0.3 is 9.42 Å². The molecule has 4 rings (SSSR count). The Bertz CT molecular complexity index is 904. The van der Waals surface area contributed by atoms with Gasteiger partial charge in [-0.05, 0) is 56.5 Å². The van der Waals surface area contributed by atoms with Crippen LogP contribution < -0.4 is 0 Å². The van der Waals surface area contributed by atoms with Gasteiger partial charge in [0, 0.05) is 30.8 Å². The standard InChI is InChI=1S/C19H21N5O2/c1-13-11-20-24(12-13)17-5-3-16(4-6-17)19(25)23-9-7-15(8-10-23)18-21-14(2)22-26-18/h3-6,11-12,15H,7-10H2,1-2H3. The molecule has 0 radical (unpaired) electrons. The fraction of sp³-hybridized carbons (Fsp3) is 0.368. The molecule has 1 saturated heterocycles. The molecule has 1 fully saturated rings. The minimum atomic E-state index is 0.0633. The van der Waals surface area contributed by atoms with Crippen LogP contribution in [0.25, 0.3) is 5.69 Å². The number of carbonyl (C=O) groups excluding carboxylic acids is 1. The number of likely N-dealkylation sites (tertiary alicyclic amines) is 1. The molecular weight excluding hydrogens is 330 g/mol. The van der Waals surface area contributed by atoms with Crippen LogP contribution in [0.5, 0.6) is 0 Å². The van der Waals surface area contributed by atoms with E-state index < -0.39 is 0 Å². The van der Waals surface area contributed by atoms with Crippen LogP contribution >= 0.6 is 0 Å². The zero-order chi connectivity index (χ0) is 18.1. The molecule has 1 aromatic carbocycles. The molecule has 7 nitrogen and oxygen atoms in total. The highest BCUT2D eigenvalue weighted by Crippen LogP contribution is 2.27. The lowest BCUT2D eigenvalue weighted by molar-refractivity contribution is 0.0704. The van der Waals surface area contributed by atoms with Crippen molar-refractivity contribution in [3.63, 3.8) is 0 Å². The van der Waals surface area contributed by atoms with E-state index in [1.807, 2.05) is 60.1 Å². The number of hydrogen-bond acceptors (Lipinski definition) is 5. The average Bonchev–Trinajstić information content (AvgIpc) is 3.30. The first-order valence-corrected chi connectivity index (χ1v) is 8.81. The summed E-state index contributed by atoms with van der Waals surface area (Å²) in [7, 11) is 0. The van der Waals surface area contributed by atoms with Crippen LogP contribution in [-0.2, 0) is 0 Å². The van der Waals surface area contributed by atoms with Crippen LogP contribution in [0.2, 0.25) is 0 Å². The SMILES string of the molecule is Cc1cnn(-c2ccc(C(=O)N3CCC(c4nc(C)no4)CC3)cc2)c1. The van der Waals surface area contributed by atoms with Gasteiger partial charge in [-0.25, -0.2) is 4.68 Å². The van der Waals surface area contributed by atoms with Gasteiger partial charge in [0.25, 0.3) is 5.91 Å². The number of amides is 1. The van der Waals surface area contributed by atoms with Crippen molar-refractivity contribution in [3.05, 3.63) is 59.5 Å². The number of hydrogen-bond donors (Lipinski definition) is 0. The molecule has 1 aliphatic heterocycles. The van der Waals surface area contributed by atoms with E-state index in [0.717, 1.165) is 24.1 Å². The molecule has 3 aromatic rings. The largest absolute Gasteiger partial charge is 0.339 e. The second kappa shape index (κ2) is 6.74. The normalized spacial score (nSPS) is 15.4. The van der Waals surface area contributed by atoms with Gasteiger partial charge in [0.2, 0.25) is 5.89 Å². The first-order chi connectivity index (χ1) is 12.6. The number of rotatable bonds is 3. The van der Waals surface area contributed by atoms with Gasteiger partial charge in [-0.1, -0.05) is 5.16 Å². The number of benzene rings is 1. The maximum absolute atomic E-state index is 12.8. The van der Waals surface area contributed by atoms with E-state index in [2.05, 4.69) is 15.2 Å². The number of nitrogens with zero attached hydrogens (tertiary/aromatic N) is 5. The molecule has 3 heterocycles. The van der Waals surface area contributed by atoms with Crippen molar-refractivity contribution >= 4 is 5.91 Å². The summed E-state index contributed by atoms with van der Waals surface area (Å²) in [5.74, 6) is 1.65. The lowest BCUT2D eigenvalue weighted by Crippen LogP contribution is -2.38. The predicted molar refractivity (Wildman–Crippen MR) is 95.2 cm³/mol. The fourth-order valence-corrected chi connectivity index (χ4v) is 3.30. The molecular formula is C19H21N5O2. The van der Waals surface area contributed by atoms with Gasteiger partial charge in [-0.3, -0.25) is 4.79 Å². The van der Waals surface area contributed by atoms with Gasteiger partial charge in [-0.2, -0.15) is 10.1 Å². The first kappa shape index (κ1) is 16.5. The van der Waals surface area contributed by atoms with Gasteiger partial charge in [0.1, 0.15) is 0 Å². The molecule has 0 aliphatic carbocycles. The summed E-state index contributed by atoms with van der Waals surface area (Å²) in [6, 6.07) is 7.57. The monoisotopic (exact) mass is 351 g/mol. The Morgan fingerprint density at radius 2 is 1.88 bits per heavy atom. The Hall–Kier alpha value is -2.96. The molecule has 134 valence electrons. The van der Waals surface area contributed by atoms with Gasteiger partial charge >= 0.3 is 0 Å². The summed E-state index contributed by atoms with van der Waals surface area (Å²) < 4.78 is 7.08. The van der Waals surface area contributed by atoms with E-state index in [4.69, 9.17) is 4.52 Å². The van der Waals surface area contributed by atoms with E-state index in [0.29, 0.717) is 30.4 Å². The Kier molecular flexibility index (Phi) is 4.28. The average molecular weight is 351 g/mol. The maximum Gasteiger partial charge on any atom is 0.253 e. The van der Waals surface area contributed by atoms with Crippen molar-refractivity contribution in [2.45, 2.75) is 32.6 Å². The van der Waals surface area contributed by atoms with Crippen molar-refractivity contribution < 1.29 is 9.32 Å². The lowest BCUT2D eigenvalue weighted by atomic mass is 9.96. The molecule has 26 heavy (non-hydrogen) atoms. The highest BCUT2D eigenvalue weighted by Gasteiger charge is 2.27. The van der Waals surface area contributed by atoms with Crippen LogP contribution in [-0.4, -0.2) is 43.8 Å². The third-order valence-electron chi connectivity index (χ3n) is 4.77. The van der Waals surface area contributed by atoms with Crippen LogP contribution in [0.3, 0.4) is 0 Å². The summed E-state index contributed by atoms with van der Waals surface area (Å²) in [6.07, 6.45) is 5.46. The topological polar surface area (TPSA) is 77.1 Å². The van der Waals surface area contributed by atoms with Crippen LogP contribution in [0.1, 0.15) is 46.4 Å². The molecule has 1 aliphatic rings. The summed E-state index contributed by atoms with van der Waals surface area (Å²) in [4.78, 5) is 19.0. The molecule has 7 heteroatoms. The zero-order valence-corrected chi connectivity index (χ0v) is 14.9. The van der Waals surface area contributed by atoms with Crippen LogP contribution in [0, 0.1) is 13.8 Å². The van der Waals surface area contributed by atoms with E-state index in [1.54, 1.807) is 0 Å². The Morgan fingerprint density at radius 3 is 2.46 bits per heavy atom. The minimum Gasteiger partial charge on any atom is -0.339 e. The van der Waals surface area contributed by atoms with Gasteiger partial charge in [0.05, 0.1) is 11.9 Å². The number of aryl methyl sites for hydroxylation is 2. The van der Waals surface area contributed by atoms with Crippen molar-refractivity contribution in [2.24, 2.45) is 0 Å². The molecule has 2 aromatic heterocycles. The zero-order valence-electron chi connectivity index (χ0n) is 14.9. The third-order valence-corrected chi connectivity index (χ3v) is 4.77. The smallest absolute Gasteiger partial charge is 0.253 e. The number of aromatic nitrogens is 4. The third kappa shape index (κ3) is 3.24. The first-order valence-electron chi connectivity index (χ1n) is 8.81. The Labute approximate surface area is 151 Å². The van der Waals surface area contributed by atoms with Crippen LogP contribution in [0.15, 0.2) is 41.2 Å². The maximum atomic E-state index is 12.8. The molecule has 0 atom stereocenters. The molecule has 0 unspecified atom stereocenters. The molecule has 1 amide bonds. The molecule has 0 saturated carbocycles. The van der Waals surface area contributed by atoms with Gasteiger partial charge in [0.15, 0.2) is 5.82 Å². The Balaban J connectivity index is 1.40. The molecule has 0 N–H and O–H groups in total. The van der Waals surface area contributed by atoms with E-state index >= 15 is 0 Å². The summed E-state index contributed by atoms with van der Waals surface area (Å²) in [6.45, 7) is 5.22. The number of carbonyl (C=O) groups is 1. The Morgan fingerprint density at radius 1 is 1.15 bits per heavy atom. The van der Waals surface area contributed by atoms with Crippen LogP contribution in [0.4, 0.5) is 0 Å². The summed E-state index contributed by atoms with van der Waals surface area (Å²) >= 11 is 0. The lowest BCUT2D eigenvalue weighted by Gasteiger charge is -2.30. The summed E-state index contributed by atoms with van der Waals surface area (Å²) in [5.41, 5.74) is 2.74. The predicted octanol–water partition coefficient (Wildman–Crippen LogP) is 2.89. The van der Waals surface area contributed by atoms with Crippen molar-refractivity contribution in [2.75, 3.05) is 13.1 Å². The van der Waals surface area contributed by atoms with Gasteiger partial charge in [-0.15, -0.1) is 0 Å². The molecule has 0 spiro atoms. The highest BCUT2D eigenvalue weighted by atomic mass is 16.5. The van der Waals surface area contributed by atoms with E-state index in [9.17, 15) is 4.79 Å². The van der Waals surface area contributed by atoms with Crippen molar-refractivity contribution in [3.8, 4) is 5.69 Å². The minimum absolute atomic E-state index is 0.0633. The molecule has 0 bridgehead atoms. The van der Waals surface area contributed by atoms with E-state index in [-0.39, 0.29) is 11.8 Å². The quantitative estimate of drug-likeness (QED) is 0.725. The second-order valence-corrected chi connectivity index (χ2v) is 6.76. The second-order valence-electron chi connectivity index (χ2n) is 6.76. The van der Waals surface area contributed by atoms with Crippen molar-refractivity contribution in [1.29, 1.82) is 0 Å². The highest BCUT2D eigenvalue weighted by molar-refractivity contribution is 5.94. The summed E-state index contributed by atoms with van der Waals surface area (Å²) in [5, 5.41) is 8.15.